The van der Waals surface area contributed by atoms with Gasteiger partial charge in [-0.3, -0.25) is 0 Å². The van der Waals surface area contributed by atoms with E-state index in [-0.39, 0.29) is 17.6 Å². The van der Waals surface area contributed by atoms with E-state index in [0.717, 1.165) is 83.9 Å². The standard InChI is InChI=1S/C61H42N2O/c1-6-18-43(19-7-1)44-30-33-50(34-31-44)63(49-26-14-5-15-27-49)52-36-39-58-56(42-52)55-41-51(62(47-22-10-3-11-23-47)48-24-12-4-13-25-48)35-38-57(55)61(58,45-20-8-2-9-21-45)46-32-37-54-53-28-16-17-29-59(53)64-60(54)40-46/h1-42H/i2D,8D,9D,20D,21D. The van der Waals surface area contributed by atoms with Crippen LogP contribution >= 0.6 is 0 Å². The molecule has 0 saturated carbocycles. The fourth-order valence-electron chi connectivity index (χ4n) is 9.77. The molecule has 1 aliphatic rings. The van der Waals surface area contributed by atoms with Crippen molar-refractivity contribution in [3.63, 3.8) is 0 Å². The molecule has 1 unspecified atom stereocenters. The third kappa shape index (κ3) is 6.13. The van der Waals surface area contributed by atoms with Crippen LogP contribution < -0.4 is 9.80 Å². The molecular formula is C61H42N2O. The van der Waals surface area contributed by atoms with Gasteiger partial charge in [0.05, 0.1) is 12.3 Å². The zero-order valence-electron chi connectivity index (χ0n) is 39.7. The van der Waals surface area contributed by atoms with Crippen LogP contribution in [0.15, 0.2) is 259 Å². The van der Waals surface area contributed by atoms with Crippen LogP contribution in [0.25, 0.3) is 44.2 Å². The Morgan fingerprint density at radius 2 is 0.797 bits per heavy atom. The van der Waals surface area contributed by atoms with Gasteiger partial charge in [0, 0.05) is 44.9 Å². The normalized spacial score (nSPS) is 15.1. The van der Waals surface area contributed by atoms with Crippen molar-refractivity contribution in [1.29, 1.82) is 0 Å². The fraction of sp³-hybridized carbons (Fsp3) is 0.0164. The van der Waals surface area contributed by atoms with Crippen molar-refractivity contribution < 1.29 is 11.3 Å². The van der Waals surface area contributed by atoms with Gasteiger partial charge in [-0.1, -0.05) is 170 Å². The molecule has 11 aromatic rings. The summed E-state index contributed by atoms with van der Waals surface area (Å²) in [6, 6.07) is 74.7. The predicted octanol–water partition coefficient (Wildman–Crippen LogP) is 16.6. The molecule has 1 atom stereocenters. The van der Waals surface area contributed by atoms with Crippen LogP contribution in [0.3, 0.4) is 0 Å². The molecule has 0 N–H and O–H groups in total. The Bertz CT molecular complexity index is 3660. The highest BCUT2D eigenvalue weighted by atomic mass is 16.3. The van der Waals surface area contributed by atoms with E-state index in [0.29, 0.717) is 11.1 Å². The van der Waals surface area contributed by atoms with Crippen molar-refractivity contribution in [1.82, 2.24) is 0 Å². The molecule has 3 heteroatoms. The SMILES string of the molecule is [2H]c1c([2H])c([2H])c(C2(c3ccc4c(c3)oc3ccccc34)c3ccc(N(c4ccccc4)c4ccccc4)cc3-c3cc(N(c4ccccc4)c4ccc(-c5ccccc5)cc4)ccc32)c([2H])c1[2H]. The molecule has 0 radical (unpaired) electrons. The fourth-order valence-corrected chi connectivity index (χ4v) is 9.77. The van der Waals surface area contributed by atoms with Gasteiger partial charge in [-0.2, -0.15) is 0 Å². The summed E-state index contributed by atoms with van der Waals surface area (Å²) in [7, 11) is 0. The van der Waals surface area contributed by atoms with Crippen molar-refractivity contribution in [2.24, 2.45) is 0 Å². The number of anilines is 6. The predicted molar refractivity (Wildman–Crippen MR) is 266 cm³/mol. The molecule has 1 aliphatic carbocycles. The summed E-state index contributed by atoms with van der Waals surface area (Å²) in [6.45, 7) is 0. The summed E-state index contributed by atoms with van der Waals surface area (Å²) in [4.78, 5) is 4.46. The first-order chi connectivity index (χ1) is 33.8. The monoisotopic (exact) mass is 823 g/mol. The maximum absolute atomic E-state index is 9.75. The minimum absolute atomic E-state index is 0.170. The quantitative estimate of drug-likeness (QED) is 0.145. The van der Waals surface area contributed by atoms with Crippen molar-refractivity contribution in [3.8, 4) is 22.3 Å². The Hall–Kier alpha value is -8.40. The van der Waals surface area contributed by atoms with Crippen LogP contribution in [0.2, 0.25) is 0 Å². The van der Waals surface area contributed by atoms with Gasteiger partial charge in [-0.05, 0) is 129 Å². The van der Waals surface area contributed by atoms with E-state index >= 15 is 0 Å². The molecule has 0 fully saturated rings. The van der Waals surface area contributed by atoms with E-state index in [4.69, 9.17) is 8.53 Å². The highest BCUT2D eigenvalue weighted by molar-refractivity contribution is 6.05. The minimum Gasteiger partial charge on any atom is -0.456 e. The van der Waals surface area contributed by atoms with Crippen LogP contribution in [0.4, 0.5) is 34.1 Å². The van der Waals surface area contributed by atoms with E-state index in [2.05, 4.69) is 119 Å². The van der Waals surface area contributed by atoms with Crippen molar-refractivity contribution >= 4 is 56.1 Å². The zero-order valence-corrected chi connectivity index (χ0v) is 34.7. The van der Waals surface area contributed by atoms with Crippen molar-refractivity contribution in [2.45, 2.75) is 5.41 Å². The van der Waals surface area contributed by atoms with Gasteiger partial charge >= 0.3 is 0 Å². The number of nitrogens with zero attached hydrogens (tertiary/aromatic N) is 2. The zero-order chi connectivity index (χ0) is 46.8. The van der Waals surface area contributed by atoms with Gasteiger partial charge < -0.3 is 14.2 Å². The number of furan rings is 1. The lowest BCUT2D eigenvalue weighted by atomic mass is 9.67. The molecule has 0 saturated heterocycles. The van der Waals surface area contributed by atoms with E-state index < -0.39 is 23.5 Å². The maximum Gasteiger partial charge on any atom is 0.135 e. The average Bonchev–Trinajstić information content (AvgIpc) is 3.92. The summed E-state index contributed by atoms with van der Waals surface area (Å²) >= 11 is 0. The molecule has 10 aromatic carbocycles. The lowest BCUT2D eigenvalue weighted by Crippen LogP contribution is -2.28. The van der Waals surface area contributed by atoms with Gasteiger partial charge in [0.25, 0.3) is 0 Å². The first-order valence-electron chi connectivity index (χ1n) is 24.0. The molecule has 64 heavy (non-hydrogen) atoms. The summed E-state index contributed by atoms with van der Waals surface area (Å²) in [5, 5.41) is 1.89. The second-order valence-electron chi connectivity index (χ2n) is 16.1. The molecule has 1 heterocycles. The summed E-state index contributed by atoms with van der Waals surface area (Å²) in [6.07, 6.45) is 0. The lowest BCUT2D eigenvalue weighted by Gasteiger charge is -2.34. The van der Waals surface area contributed by atoms with Crippen LogP contribution in [-0.4, -0.2) is 0 Å². The third-order valence-corrected chi connectivity index (χ3v) is 12.6. The number of para-hydroxylation sites is 4. The van der Waals surface area contributed by atoms with E-state index in [9.17, 15) is 2.74 Å². The minimum atomic E-state index is -1.40. The second-order valence-corrected chi connectivity index (χ2v) is 16.1. The third-order valence-electron chi connectivity index (χ3n) is 12.6. The van der Waals surface area contributed by atoms with Gasteiger partial charge in [-0.15, -0.1) is 0 Å². The van der Waals surface area contributed by atoms with E-state index in [1.165, 1.54) is 0 Å². The Morgan fingerprint density at radius 1 is 0.344 bits per heavy atom. The summed E-state index contributed by atoms with van der Waals surface area (Å²) < 4.78 is 53.0. The molecule has 0 spiro atoms. The summed E-state index contributed by atoms with van der Waals surface area (Å²) in [5.74, 6) is 0. The van der Waals surface area contributed by atoms with Crippen molar-refractivity contribution in [3.05, 3.63) is 277 Å². The molecule has 3 nitrogen and oxygen atoms in total. The van der Waals surface area contributed by atoms with Crippen LogP contribution in [0, 0.1) is 0 Å². The number of hydrogen-bond donors (Lipinski definition) is 0. The maximum atomic E-state index is 9.75. The number of benzene rings is 10. The molecule has 1 aromatic heterocycles. The highest BCUT2D eigenvalue weighted by Crippen LogP contribution is 2.58. The largest absolute Gasteiger partial charge is 0.456 e. The number of rotatable bonds is 9. The molecule has 0 bridgehead atoms. The van der Waals surface area contributed by atoms with Crippen LogP contribution in [0.1, 0.15) is 29.1 Å². The molecule has 0 amide bonds. The Labute approximate surface area is 380 Å². The average molecular weight is 824 g/mol. The Balaban J connectivity index is 1.17. The highest BCUT2D eigenvalue weighted by Gasteiger charge is 2.47. The molecule has 0 aliphatic heterocycles. The van der Waals surface area contributed by atoms with Crippen molar-refractivity contribution in [2.75, 3.05) is 9.80 Å². The second kappa shape index (κ2) is 15.5. The number of fused-ring (bicyclic) bond motifs is 6. The molecule has 12 rings (SSSR count). The van der Waals surface area contributed by atoms with Crippen LogP contribution in [0.5, 0.6) is 0 Å². The van der Waals surface area contributed by atoms with Gasteiger partial charge in [0.1, 0.15) is 11.2 Å². The van der Waals surface area contributed by atoms with Crippen LogP contribution in [-0.2, 0) is 5.41 Å². The lowest BCUT2D eigenvalue weighted by molar-refractivity contribution is 0.665. The van der Waals surface area contributed by atoms with Gasteiger partial charge in [0.2, 0.25) is 0 Å². The Kier molecular flexibility index (Phi) is 7.83. The Morgan fingerprint density at radius 3 is 1.36 bits per heavy atom. The smallest absolute Gasteiger partial charge is 0.135 e. The topological polar surface area (TPSA) is 19.6 Å². The first kappa shape index (κ1) is 32.3. The summed E-state index contributed by atoms with van der Waals surface area (Å²) in [5.41, 5.74) is 12.0. The van der Waals surface area contributed by atoms with Gasteiger partial charge in [0.15, 0.2) is 0 Å². The molecular weight excluding hydrogens is 777 g/mol. The van der Waals surface area contributed by atoms with E-state index in [1.807, 2.05) is 115 Å². The number of hydrogen-bond acceptors (Lipinski definition) is 3. The van der Waals surface area contributed by atoms with Gasteiger partial charge in [-0.25, -0.2) is 0 Å². The van der Waals surface area contributed by atoms with E-state index in [1.54, 1.807) is 0 Å². The molecule has 302 valence electrons. The first-order valence-corrected chi connectivity index (χ1v) is 21.5.